The van der Waals surface area contributed by atoms with Crippen molar-refractivity contribution < 1.29 is 14.3 Å². The first-order valence-corrected chi connectivity index (χ1v) is 11.2. The molecule has 1 aromatic heterocycles. The maximum absolute atomic E-state index is 12.9. The summed E-state index contributed by atoms with van der Waals surface area (Å²) in [5, 5.41) is 14.7. The van der Waals surface area contributed by atoms with Crippen molar-refractivity contribution >= 4 is 17.2 Å². The van der Waals surface area contributed by atoms with Crippen LogP contribution in [0.1, 0.15) is 47.7 Å². The van der Waals surface area contributed by atoms with Crippen LogP contribution in [-0.4, -0.2) is 43.7 Å². The molecule has 2 aliphatic rings. The monoisotopic (exact) mass is 425 g/mol. The summed E-state index contributed by atoms with van der Waals surface area (Å²) in [6.07, 6.45) is 4.29. The molecule has 30 heavy (non-hydrogen) atoms. The van der Waals surface area contributed by atoms with E-state index < -0.39 is 5.54 Å². The molecule has 7 heteroatoms. The lowest BCUT2D eigenvalue weighted by molar-refractivity contribution is -0.124. The van der Waals surface area contributed by atoms with Gasteiger partial charge in [0.15, 0.2) is 11.5 Å². The molecule has 158 valence electrons. The Morgan fingerprint density at radius 2 is 2.03 bits per heavy atom. The summed E-state index contributed by atoms with van der Waals surface area (Å²) in [6, 6.07) is 10.6. The van der Waals surface area contributed by atoms with E-state index in [9.17, 15) is 10.1 Å². The van der Waals surface area contributed by atoms with Gasteiger partial charge in [0.2, 0.25) is 5.91 Å². The highest BCUT2D eigenvalue weighted by Crippen LogP contribution is 2.42. The van der Waals surface area contributed by atoms with E-state index in [-0.39, 0.29) is 18.5 Å². The molecule has 0 bridgehead atoms. The fourth-order valence-corrected chi connectivity index (χ4v) is 5.56. The molecule has 2 heterocycles. The third-order valence-corrected chi connectivity index (χ3v) is 7.11. The fraction of sp³-hybridized carbons (Fsp3) is 0.478. The first-order chi connectivity index (χ1) is 14.6. The van der Waals surface area contributed by atoms with Gasteiger partial charge in [-0.15, -0.1) is 11.3 Å². The molecular formula is C23H27N3O3S. The van der Waals surface area contributed by atoms with Crippen molar-refractivity contribution in [3.8, 4) is 17.6 Å². The minimum Gasteiger partial charge on any atom is -0.493 e. The Balaban J connectivity index is 1.63. The molecular weight excluding hydrogens is 398 g/mol. The number of ether oxygens (including phenoxy) is 2. The van der Waals surface area contributed by atoms with Gasteiger partial charge in [-0.05, 0) is 66.8 Å². The number of hydrogen-bond acceptors (Lipinski definition) is 6. The van der Waals surface area contributed by atoms with Crippen molar-refractivity contribution in [1.82, 2.24) is 10.2 Å². The SMILES string of the molecule is COc1cc2c(cc1OC)C(c1cccs1)N(CC(=O)NC1(C#N)CCCC1)CC2. The van der Waals surface area contributed by atoms with E-state index in [2.05, 4.69) is 33.8 Å². The van der Waals surface area contributed by atoms with Gasteiger partial charge in [-0.1, -0.05) is 6.07 Å². The summed E-state index contributed by atoms with van der Waals surface area (Å²) in [6.45, 7) is 1.03. The minimum atomic E-state index is -0.695. The number of rotatable bonds is 6. The number of benzene rings is 1. The van der Waals surface area contributed by atoms with Crippen molar-refractivity contribution in [2.24, 2.45) is 0 Å². The number of carbonyl (C=O) groups excluding carboxylic acids is 1. The number of nitrogens with zero attached hydrogens (tertiary/aromatic N) is 2. The van der Waals surface area contributed by atoms with Crippen LogP contribution in [0.5, 0.6) is 11.5 Å². The zero-order valence-electron chi connectivity index (χ0n) is 17.4. The number of nitrogens with one attached hydrogen (secondary N) is 1. The van der Waals surface area contributed by atoms with Gasteiger partial charge in [-0.2, -0.15) is 5.26 Å². The summed E-state index contributed by atoms with van der Waals surface area (Å²) >= 11 is 1.69. The van der Waals surface area contributed by atoms with Gasteiger partial charge in [0.05, 0.1) is 32.9 Å². The zero-order chi connectivity index (χ0) is 21.1. The van der Waals surface area contributed by atoms with Crippen LogP contribution in [0.25, 0.3) is 0 Å². The third-order valence-electron chi connectivity index (χ3n) is 6.18. The highest BCUT2D eigenvalue weighted by Gasteiger charge is 2.37. The van der Waals surface area contributed by atoms with Crippen LogP contribution >= 0.6 is 11.3 Å². The quantitative estimate of drug-likeness (QED) is 0.764. The van der Waals surface area contributed by atoms with Gasteiger partial charge >= 0.3 is 0 Å². The Morgan fingerprint density at radius 1 is 1.30 bits per heavy atom. The fourth-order valence-electron chi connectivity index (χ4n) is 4.68. The second-order valence-corrected chi connectivity index (χ2v) is 8.97. The average molecular weight is 426 g/mol. The van der Waals surface area contributed by atoms with Gasteiger partial charge < -0.3 is 14.8 Å². The molecule has 2 aromatic rings. The van der Waals surface area contributed by atoms with Gasteiger partial charge in [0, 0.05) is 11.4 Å². The minimum absolute atomic E-state index is 0.0269. The van der Waals surface area contributed by atoms with Gasteiger partial charge in [-0.25, -0.2) is 0 Å². The van der Waals surface area contributed by atoms with E-state index in [1.807, 2.05) is 12.1 Å². The summed E-state index contributed by atoms with van der Waals surface area (Å²) in [5.41, 5.74) is 1.66. The molecule has 1 aromatic carbocycles. The summed E-state index contributed by atoms with van der Waals surface area (Å²) in [4.78, 5) is 16.3. The largest absolute Gasteiger partial charge is 0.493 e. The molecule has 6 nitrogen and oxygen atoms in total. The number of hydrogen-bond donors (Lipinski definition) is 1. The molecule has 0 spiro atoms. The maximum Gasteiger partial charge on any atom is 0.235 e. The molecule has 0 radical (unpaired) electrons. The molecule has 1 unspecified atom stereocenters. The molecule has 4 rings (SSSR count). The van der Waals surface area contributed by atoms with Crippen molar-refractivity contribution in [2.75, 3.05) is 27.3 Å². The highest BCUT2D eigenvalue weighted by atomic mass is 32.1. The normalized spacial score (nSPS) is 20.2. The van der Waals surface area contributed by atoms with Gasteiger partial charge in [0.25, 0.3) is 0 Å². The predicted molar refractivity (Wildman–Crippen MR) is 116 cm³/mol. The van der Waals surface area contributed by atoms with E-state index in [1.54, 1.807) is 25.6 Å². The van der Waals surface area contributed by atoms with E-state index in [0.717, 1.165) is 50.0 Å². The van der Waals surface area contributed by atoms with Gasteiger partial charge in [0.1, 0.15) is 5.54 Å². The maximum atomic E-state index is 12.9. The number of thiophene rings is 1. The second kappa shape index (κ2) is 8.66. The molecule has 1 aliphatic carbocycles. The van der Waals surface area contributed by atoms with Crippen LogP contribution < -0.4 is 14.8 Å². The van der Waals surface area contributed by atoms with Crippen LogP contribution in [0.4, 0.5) is 0 Å². The summed E-state index contributed by atoms with van der Waals surface area (Å²) < 4.78 is 11.0. The predicted octanol–water partition coefficient (Wildman–Crippen LogP) is 3.67. The topological polar surface area (TPSA) is 74.6 Å². The van der Waals surface area contributed by atoms with Crippen LogP contribution in [0.15, 0.2) is 29.6 Å². The van der Waals surface area contributed by atoms with Crippen LogP contribution in [0, 0.1) is 11.3 Å². The first kappa shape index (κ1) is 20.7. The molecule has 1 atom stereocenters. The lowest BCUT2D eigenvalue weighted by Crippen LogP contribution is -2.50. The van der Waals surface area contributed by atoms with E-state index >= 15 is 0 Å². The lowest BCUT2D eigenvalue weighted by atomic mass is 9.90. The number of nitriles is 1. The number of carbonyl (C=O) groups is 1. The lowest BCUT2D eigenvalue weighted by Gasteiger charge is -2.37. The molecule has 1 amide bonds. The number of methoxy groups -OCH3 is 2. The Labute approximate surface area is 181 Å². The van der Waals surface area contributed by atoms with E-state index in [4.69, 9.17) is 9.47 Å². The van der Waals surface area contributed by atoms with Crippen molar-refractivity contribution in [1.29, 1.82) is 5.26 Å². The molecule has 1 aliphatic heterocycles. The van der Waals surface area contributed by atoms with Crippen LogP contribution in [0.2, 0.25) is 0 Å². The van der Waals surface area contributed by atoms with Crippen LogP contribution in [-0.2, 0) is 11.2 Å². The molecule has 1 N–H and O–H groups in total. The molecule has 1 saturated carbocycles. The third kappa shape index (κ3) is 3.90. The zero-order valence-corrected chi connectivity index (χ0v) is 18.3. The smallest absolute Gasteiger partial charge is 0.235 e. The van der Waals surface area contributed by atoms with Crippen molar-refractivity contribution in [3.05, 3.63) is 45.6 Å². The Bertz CT molecular complexity index is 945. The van der Waals surface area contributed by atoms with Crippen molar-refractivity contribution in [3.63, 3.8) is 0 Å². The summed E-state index contributed by atoms with van der Waals surface area (Å²) in [5.74, 6) is 1.34. The van der Waals surface area contributed by atoms with E-state index in [1.165, 1.54) is 10.4 Å². The van der Waals surface area contributed by atoms with Crippen LogP contribution in [0.3, 0.4) is 0 Å². The Kier molecular flexibility index (Phi) is 5.98. The highest BCUT2D eigenvalue weighted by molar-refractivity contribution is 7.10. The van der Waals surface area contributed by atoms with Crippen molar-refractivity contribution in [2.45, 2.75) is 43.7 Å². The Morgan fingerprint density at radius 3 is 2.67 bits per heavy atom. The standard InChI is InChI=1S/C23H27N3O3S/c1-28-18-12-16-7-10-26(14-21(27)25-23(15-24)8-3-4-9-23)22(20-6-5-11-30-20)17(16)13-19(18)29-2/h5-6,11-13,22H,3-4,7-10,14H2,1-2H3,(H,25,27). The Hall–Kier alpha value is -2.56. The molecule has 1 fully saturated rings. The van der Waals surface area contributed by atoms with E-state index in [0.29, 0.717) is 5.75 Å². The van der Waals surface area contributed by atoms with Gasteiger partial charge in [-0.3, -0.25) is 9.69 Å². The number of amides is 1. The second-order valence-electron chi connectivity index (χ2n) is 7.99. The first-order valence-electron chi connectivity index (χ1n) is 10.3. The molecule has 0 saturated heterocycles. The number of fused-ring (bicyclic) bond motifs is 1. The summed E-state index contributed by atoms with van der Waals surface area (Å²) in [7, 11) is 3.29. The average Bonchev–Trinajstić information content (AvgIpc) is 3.45.